The number of carbonyl (C=O) groups is 1. The van der Waals surface area contributed by atoms with Crippen molar-refractivity contribution in [1.82, 2.24) is 0 Å². The number of phenolic OH excluding ortho intramolecular Hbond substituents is 1. The number of aliphatic hydroxyl groups excluding tert-OH is 1. The molecule has 0 radical (unpaired) electrons. The number of aliphatic hydroxyl groups is 1. The number of aromatic hydroxyl groups is 1. The highest BCUT2D eigenvalue weighted by atomic mass is 19.1. The first-order chi connectivity index (χ1) is 11.9. The summed E-state index contributed by atoms with van der Waals surface area (Å²) in [5, 5.41) is 21.1. The molecule has 0 saturated carbocycles. The molecule has 2 aromatic rings. The van der Waals surface area contributed by atoms with Crippen molar-refractivity contribution in [3.05, 3.63) is 59.4 Å². The van der Waals surface area contributed by atoms with Crippen LogP contribution in [0, 0.1) is 18.7 Å². The molecular weight excluding hydrogens is 325 g/mol. The monoisotopic (exact) mass is 347 g/mol. The quantitative estimate of drug-likeness (QED) is 0.733. The largest absolute Gasteiger partial charge is 0.505 e. The highest BCUT2D eigenvalue weighted by Gasteiger charge is 2.24. The second-order valence-electron chi connectivity index (χ2n) is 6.02. The summed E-state index contributed by atoms with van der Waals surface area (Å²) in [7, 11) is 0. The normalized spacial score (nSPS) is 13.1. The van der Waals surface area contributed by atoms with E-state index in [1.807, 2.05) is 19.1 Å². The Morgan fingerprint density at radius 2 is 1.92 bits per heavy atom. The minimum absolute atomic E-state index is 0.0822. The zero-order valence-corrected chi connectivity index (χ0v) is 14.2. The number of nitrogens with one attached hydrogen (secondary N) is 1. The van der Waals surface area contributed by atoms with Crippen molar-refractivity contribution in [2.24, 2.45) is 5.92 Å². The molecule has 0 fully saturated rings. The lowest BCUT2D eigenvalue weighted by atomic mass is 9.94. The number of halogens is 1. The molecular formula is C19H22FNO4. The topological polar surface area (TPSA) is 78.8 Å². The molecule has 3 N–H and O–H groups in total. The minimum Gasteiger partial charge on any atom is -0.505 e. The van der Waals surface area contributed by atoms with Crippen molar-refractivity contribution >= 4 is 11.8 Å². The second-order valence-corrected chi connectivity index (χ2v) is 6.02. The Labute approximate surface area is 146 Å². The standard InChI is InChI=1S/C19H22FNO4/c1-12-3-6-15(7-4-12)21-19(24)25-18(13(2)9-10-22)14-5-8-17(23)16(20)11-14/h3-8,11,13,18,22-23H,9-10H2,1-2H3,(H,21,24)/t13-,18-/m0/s1. The van der Waals surface area contributed by atoms with Gasteiger partial charge in [0, 0.05) is 12.3 Å². The SMILES string of the molecule is Cc1ccc(NC(=O)O[C@H](c2ccc(O)c(F)c2)[C@@H](C)CCO)cc1. The van der Waals surface area contributed by atoms with Crippen LogP contribution in [0.4, 0.5) is 14.9 Å². The summed E-state index contributed by atoms with van der Waals surface area (Å²) in [4.78, 5) is 12.2. The van der Waals surface area contributed by atoms with E-state index in [1.54, 1.807) is 19.1 Å². The van der Waals surface area contributed by atoms with Gasteiger partial charge in [0.2, 0.25) is 0 Å². The summed E-state index contributed by atoms with van der Waals surface area (Å²) in [6, 6.07) is 11.1. The number of hydrogen-bond donors (Lipinski definition) is 3. The molecule has 0 spiro atoms. The molecule has 5 nitrogen and oxygen atoms in total. The van der Waals surface area contributed by atoms with Crippen molar-refractivity contribution in [2.45, 2.75) is 26.4 Å². The fraction of sp³-hybridized carbons (Fsp3) is 0.316. The molecule has 6 heteroatoms. The number of benzene rings is 2. The van der Waals surface area contributed by atoms with Gasteiger partial charge in [0.1, 0.15) is 6.10 Å². The second kappa shape index (κ2) is 8.48. The maximum absolute atomic E-state index is 13.7. The van der Waals surface area contributed by atoms with Gasteiger partial charge in [0.05, 0.1) is 0 Å². The Morgan fingerprint density at radius 1 is 1.24 bits per heavy atom. The number of aryl methyl sites for hydroxylation is 1. The molecule has 25 heavy (non-hydrogen) atoms. The Bertz CT molecular complexity index is 718. The van der Waals surface area contributed by atoms with E-state index >= 15 is 0 Å². The van der Waals surface area contributed by atoms with Gasteiger partial charge in [-0.2, -0.15) is 0 Å². The molecule has 2 atom stereocenters. The summed E-state index contributed by atoms with van der Waals surface area (Å²) in [5.74, 6) is -1.50. The van der Waals surface area contributed by atoms with Crippen molar-refractivity contribution in [3.8, 4) is 5.75 Å². The van der Waals surface area contributed by atoms with Gasteiger partial charge < -0.3 is 14.9 Å². The average Bonchev–Trinajstić information content (AvgIpc) is 2.57. The number of ether oxygens (including phenoxy) is 1. The van der Waals surface area contributed by atoms with Crippen LogP contribution >= 0.6 is 0 Å². The van der Waals surface area contributed by atoms with E-state index in [1.165, 1.54) is 12.1 Å². The maximum Gasteiger partial charge on any atom is 0.412 e. The minimum atomic E-state index is -0.791. The number of amides is 1. The first-order valence-electron chi connectivity index (χ1n) is 8.04. The van der Waals surface area contributed by atoms with Crippen molar-refractivity contribution in [2.75, 3.05) is 11.9 Å². The van der Waals surface area contributed by atoms with Gasteiger partial charge in [-0.3, -0.25) is 5.32 Å². The summed E-state index contributed by atoms with van der Waals surface area (Å²) in [6.45, 7) is 3.65. The van der Waals surface area contributed by atoms with Gasteiger partial charge in [-0.15, -0.1) is 0 Å². The van der Waals surface area contributed by atoms with E-state index in [0.29, 0.717) is 17.7 Å². The van der Waals surface area contributed by atoms with E-state index < -0.39 is 23.8 Å². The van der Waals surface area contributed by atoms with Gasteiger partial charge in [-0.1, -0.05) is 30.7 Å². The van der Waals surface area contributed by atoms with Crippen LogP contribution in [-0.4, -0.2) is 22.9 Å². The van der Waals surface area contributed by atoms with E-state index in [0.717, 1.165) is 11.6 Å². The van der Waals surface area contributed by atoms with Crippen LogP contribution in [0.1, 0.15) is 30.6 Å². The molecule has 0 heterocycles. The van der Waals surface area contributed by atoms with Gasteiger partial charge in [-0.05, 0) is 49.1 Å². The maximum atomic E-state index is 13.7. The van der Waals surface area contributed by atoms with Crippen molar-refractivity contribution < 1.29 is 24.1 Å². The molecule has 0 aliphatic carbocycles. The summed E-state index contributed by atoms with van der Waals surface area (Å²) >= 11 is 0. The van der Waals surface area contributed by atoms with E-state index in [9.17, 15) is 14.3 Å². The van der Waals surface area contributed by atoms with E-state index in [2.05, 4.69) is 5.32 Å². The highest BCUT2D eigenvalue weighted by Crippen LogP contribution is 2.31. The van der Waals surface area contributed by atoms with Crippen molar-refractivity contribution in [3.63, 3.8) is 0 Å². The van der Waals surface area contributed by atoms with Crippen LogP contribution in [-0.2, 0) is 4.74 Å². The molecule has 0 aliphatic heterocycles. The first kappa shape index (κ1) is 18.7. The predicted octanol–water partition coefficient (Wildman–Crippen LogP) is 4.15. The van der Waals surface area contributed by atoms with Crippen LogP contribution in [0.2, 0.25) is 0 Å². The number of rotatable bonds is 6. The molecule has 2 aromatic carbocycles. The van der Waals surface area contributed by atoms with Gasteiger partial charge >= 0.3 is 6.09 Å². The Hall–Kier alpha value is -2.60. The smallest absolute Gasteiger partial charge is 0.412 e. The number of anilines is 1. The van der Waals surface area contributed by atoms with E-state index in [4.69, 9.17) is 9.84 Å². The van der Waals surface area contributed by atoms with Crippen LogP contribution in [0.5, 0.6) is 5.75 Å². The molecule has 2 rings (SSSR count). The molecule has 0 unspecified atom stereocenters. The van der Waals surface area contributed by atoms with Gasteiger partial charge in [0.25, 0.3) is 0 Å². The van der Waals surface area contributed by atoms with Crippen molar-refractivity contribution in [1.29, 1.82) is 0 Å². The third-order valence-electron chi connectivity index (χ3n) is 3.93. The summed E-state index contributed by atoms with van der Waals surface area (Å²) in [5.41, 5.74) is 2.06. The van der Waals surface area contributed by atoms with Gasteiger partial charge in [0.15, 0.2) is 11.6 Å². The van der Waals surface area contributed by atoms with Gasteiger partial charge in [-0.25, -0.2) is 9.18 Å². The molecule has 134 valence electrons. The zero-order chi connectivity index (χ0) is 18.4. The molecule has 1 amide bonds. The van der Waals surface area contributed by atoms with Crippen LogP contribution in [0.3, 0.4) is 0 Å². The highest BCUT2D eigenvalue weighted by molar-refractivity contribution is 5.84. The predicted molar refractivity (Wildman–Crippen MR) is 93.0 cm³/mol. The summed E-state index contributed by atoms with van der Waals surface area (Å²) in [6.07, 6.45) is -1.05. The third-order valence-corrected chi connectivity index (χ3v) is 3.93. The Kier molecular flexibility index (Phi) is 6.36. The van der Waals surface area contributed by atoms with E-state index in [-0.39, 0.29) is 12.5 Å². The lowest BCUT2D eigenvalue weighted by molar-refractivity contribution is 0.0665. The molecule has 0 aromatic heterocycles. The lowest BCUT2D eigenvalue weighted by Gasteiger charge is -2.24. The number of phenols is 1. The van der Waals surface area contributed by atoms with Crippen LogP contribution in [0.15, 0.2) is 42.5 Å². The number of hydrogen-bond acceptors (Lipinski definition) is 4. The summed E-state index contributed by atoms with van der Waals surface area (Å²) < 4.78 is 19.1. The zero-order valence-electron chi connectivity index (χ0n) is 14.2. The fourth-order valence-corrected chi connectivity index (χ4v) is 2.47. The molecule has 0 aliphatic rings. The third kappa shape index (κ3) is 5.19. The fourth-order valence-electron chi connectivity index (χ4n) is 2.47. The lowest BCUT2D eigenvalue weighted by Crippen LogP contribution is -2.22. The Balaban J connectivity index is 2.15. The van der Waals surface area contributed by atoms with Crippen LogP contribution in [0.25, 0.3) is 0 Å². The first-order valence-corrected chi connectivity index (χ1v) is 8.04. The van der Waals surface area contributed by atoms with Crippen LogP contribution < -0.4 is 5.32 Å². The average molecular weight is 347 g/mol. The molecule has 0 saturated heterocycles. The number of carbonyl (C=O) groups excluding carboxylic acids is 1. The Morgan fingerprint density at radius 3 is 2.52 bits per heavy atom. The molecule has 0 bridgehead atoms.